The molecule has 0 saturated heterocycles. The maximum absolute atomic E-state index is 6.36. The second-order valence-corrected chi connectivity index (χ2v) is 5.80. The van der Waals surface area contributed by atoms with Gasteiger partial charge in [-0.3, -0.25) is 5.73 Å². The third-order valence-electron chi connectivity index (χ3n) is 2.80. The maximum atomic E-state index is 6.36. The molecule has 1 aromatic carbocycles. The summed E-state index contributed by atoms with van der Waals surface area (Å²) in [5.74, 6) is 0.982. The van der Waals surface area contributed by atoms with E-state index in [9.17, 15) is 0 Å². The molecule has 0 saturated carbocycles. The van der Waals surface area contributed by atoms with Crippen molar-refractivity contribution in [3.63, 3.8) is 0 Å². The highest BCUT2D eigenvalue weighted by Crippen LogP contribution is 2.29. The number of hydrogen-bond donors (Lipinski definition) is 3. The van der Waals surface area contributed by atoms with Crippen molar-refractivity contribution in [1.82, 2.24) is 5.32 Å². The molecule has 1 aromatic rings. The molecule has 0 aliphatic carbocycles. The van der Waals surface area contributed by atoms with Crippen molar-refractivity contribution in [2.24, 2.45) is 16.5 Å². The second-order valence-electron chi connectivity index (χ2n) is 4.28. The van der Waals surface area contributed by atoms with Gasteiger partial charge in [0.15, 0.2) is 10.8 Å². The summed E-state index contributed by atoms with van der Waals surface area (Å²) in [6.07, 6.45) is 2.78. The van der Waals surface area contributed by atoms with Crippen LogP contribution in [-0.2, 0) is 5.66 Å². The smallest absolute Gasteiger partial charge is 0.178 e. The number of benzene rings is 1. The average molecular weight is 297 g/mol. The van der Waals surface area contributed by atoms with E-state index < -0.39 is 5.66 Å². The lowest BCUT2D eigenvalue weighted by molar-refractivity contribution is 0.538. The number of rotatable bonds is 3. The fourth-order valence-corrected chi connectivity index (χ4v) is 2.59. The molecule has 0 spiro atoms. The summed E-state index contributed by atoms with van der Waals surface area (Å²) in [6, 6.07) is 7.27. The van der Waals surface area contributed by atoms with Gasteiger partial charge in [-0.05, 0) is 18.6 Å². The molecule has 1 aliphatic rings. The number of amidine groups is 1. The van der Waals surface area contributed by atoms with Crippen molar-refractivity contribution < 1.29 is 0 Å². The first-order valence-electron chi connectivity index (χ1n) is 6.06. The van der Waals surface area contributed by atoms with Crippen LogP contribution in [-0.4, -0.2) is 10.9 Å². The van der Waals surface area contributed by atoms with E-state index in [1.807, 2.05) is 12.1 Å². The minimum atomic E-state index is -1.02. The minimum Gasteiger partial charge on any atom is -0.397 e. The molecular weight excluding hydrogens is 280 g/mol. The van der Waals surface area contributed by atoms with E-state index in [2.05, 4.69) is 17.2 Å². The predicted octanol–water partition coefficient (Wildman–Crippen LogP) is 2.35. The van der Waals surface area contributed by atoms with Crippen molar-refractivity contribution >= 4 is 28.5 Å². The van der Waals surface area contributed by atoms with Gasteiger partial charge in [0.1, 0.15) is 0 Å². The predicted molar refractivity (Wildman–Crippen MR) is 82.9 cm³/mol. The van der Waals surface area contributed by atoms with E-state index in [0.717, 1.165) is 22.9 Å². The van der Waals surface area contributed by atoms with Gasteiger partial charge in [-0.15, -0.1) is 0 Å². The van der Waals surface area contributed by atoms with Crippen LogP contribution in [0.1, 0.15) is 18.9 Å². The summed E-state index contributed by atoms with van der Waals surface area (Å²) in [5, 5.41) is 4.51. The normalized spacial score (nSPS) is 22.5. The number of aliphatic imine (C=N–C) groups is 1. The zero-order chi connectivity index (χ0) is 13.9. The van der Waals surface area contributed by atoms with E-state index in [1.54, 1.807) is 30.1 Å². The molecule has 4 nitrogen and oxygen atoms in total. The molecule has 0 bridgehead atoms. The lowest BCUT2D eigenvalue weighted by Crippen LogP contribution is -2.45. The highest BCUT2D eigenvalue weighted by molar-refractivity contribution is 8.13. The molecule has 19 heavy (non-hydrogen) atoms. The van der Waals surface area contributed by atoms with Crippen LogP contribution in [0.4, 0.5) is 0 Å². The zero-order valence-corrected chi connectivity index (χ0v) is 12.3. The fraction of sp³-hybridized carbons (Fsp3) is 0.308. The standard InChI is InChI=1S/C13H17ClN4S/c1-2-7-19-12-17-8-11(15)13(16,18-12)9-3-5-10(14)6-4-9/h3-6,8H,2,7,15-16H2,1H3,(H,17,18). The topological polar surface area (TPSA) is 76.4 Å². The fourth-order valence-electron chi connectivity index (χ4n) is 1.71. The molecule has 5 N–H and O–H groups in total. The zero-order valence-electron chi connectivity index (χ0n) is 10.7. The Morgan fingerprint density at radius 1 is 1.37 bits per heavy atom. The Balaban J connectivity index is 2.32. The molecule has 1 unspecified atom stereocenters. The van der Waals surface area contributed by atoms with Gasteiger partial charge in [0.25, 0.3) is 0 Å². The van der Waals surface area contributed by atoms with Crippen LogP contribution in [0.25, 0.3) is 0 Å². The summed E-state index contributed by atoms with van der Waals surface area (Å²) in [4.78, 5) is 4.54. The largest absolute Gasteiger partial charge is 0.397 e. The van der Waals surface area contributed by atoms with Gasteiger partial charge in [-0.2, -0.15) is 0 Å². The Morgan fingerprint density at radius 3 is 2.68 bits per heavy atom. The molecule has 6 heteroatoms. The Kier molecular flexibility index (Phi) is 4.39. The molecule has 102 valence electrons. The van der Waals surface area contributed by atoms with Gasteiger partial charge in [-0.1, -0.05) is 42.4 Å². The number of nitrogens with one attached hydrogen (secondary N) is 1. The Labute approximate surface area is 122 Å². The van der Waals surface area contributed by atoms with Crippen LogP contribution < -0.4 is 16.8 Å². The van der Waals surface area contributed by atoms with Crippen LogP contribution in [0.3, 0.4) is 0 Å². The van der Waals surface area contributed by atoms with Gasteiger partial charge in [0.05, 0.1) is 5.70 Å². The number of nitrogens with zero attached hydrogens (tertiary/aromatic N) is 1. The van der Waals surface area contributed by atoms with E-state index >= 15 is 0 Å². The van der Waals surface area contributed by atoms with E-state index in [-0.39, 0.29) is 0 Å². The van der Waals surface area contributed by atoms with Gasteiger partial charge >= 0.3 is 0 Å². The third kappa shape index (κ3) is 3.05. The Hall–Kier alpha value is -1.17. The number of hydrogen-bond acceptors (Lipinski definition) is 5. The van der Waals surface area contributed by atoms with Crippen molar-refractivity contribution in [2.75, 3.05) is 5.75 Å². The summed E-state index contributed by atoms with van der Waals surface area (Å²) in [6.45, 7) is 2.12. The van der Waals surface area contributed by atoms with Crippen molar-refractivity contribution in [2.45, 2.75) is 19.0 Å². The highest BCUT2D eigenvalue weighted by Gasteiger charge is 2.33. The Bertz CT molecular complexity index is 512. The maximum Gasteiger partial charge on any atom is 0.178 e. The molecule has 1 atom stereocenters. The van der Waals surface area contributed by atoms with Gasteiger partial charge in [0.2, 0.25) is 0 Å². The first-order valence-corrected chi connectivity index (χ1v) is 7.43. The van der Waals surface area contributed by atoms with Gasteiger partial charge in [0, 0.05) is 22.5 Å². The number of thioether (sulfide) groups is 1. The summed E-state index contributed by atoms with van der Waals surface area (Å²) in [7, 11) is 0. The molecule has 0 radical (unpaired) electrons. The van der Waals surface area contributed by atoms with Gasteiger partial charge < -0.3 is 11.1 Å². The molecular formula is C13H17ClN4S. The van der Waals surface area contributed by atoms with Crippen molar-refractivity contribution in [3.05, 3.63) is 46.7 Å². The SMILES string of the molecule is CCCSC1=NC(N)(c2ccc(Cl)cc2)C(N)=CN1. The van der Waals surface area contributed by atoms with E-state index in [0.29, 0.717) is 10.7 Å². The van der Waals surface area contributed by atoms with Gasteiger partial charge in [-0.25, -0.2) is 4.99 Å². The van der Waals surface area contributed by atoms with E-state index in [4.69, 9.17) is 23.1 Å². The summed E-state index contributed by atoms with van der Waals surface area (Å²) < 4.78 is 0. The first kappa shape index (κ1) is 14.2. The highest BCUT2D eigenvalue weighted by atomic mass is 35.5. The molecule has 2 rings (SSSR count). The van der Waals surface area contributed by atoms with Crippen LogP contribution in [0, 0.1) is 0 Å². The van der Waals surface area contributed by atoms with Crippen LogP contribution in [0.2, 0.25) is 5.02 Å². The molecule has 1 aliphatic heterocycles. The minimum absolute atomic E-state index is 0.482. The first-order chi connectivity index (χ1) is 9.06. The second kappa shape index (κ2) is 5.86. The van der Waals surface area contributed by atoms with Crippen molar-refractivity contribution in [3.8, 4) is 0 Å². The van der Waals surface area contributed by atoms with Crippen LogP contribution >= 0.6 is 23.4 Å². The lowest BCUT2D eigenvalue weighted by atomic mass is 9.97. The van der Waals surface area contributed by atoms with E-state index in [1.165, 1.54) is 0 Å². The lowest BCUT2D eigenvalue weighted by Gasteiger charge is -2.30. The third-order valence-corrected chi connectivity index (χ3v) is 4.14. The average Bonchev–Trinajstić information content (AvgIpc) is 2.41. The van der Waals surface area contributed by atoms with Crippen molar-refractivity contribution in [1.29, 1.82) is 0 Å². The molecule has 1 heterocycles. The molecule has 0 amide bonds. The van der Waals surface area contributed by atoms with Crippen LogP contribution in [0.15, 0.2) is 41.2 Å². The summed E-state index contributed by atoms with van der Waals surface area (Å²) >= 11 is 7.52. The quantitative estimate of drug-likeness (QED) is 0.800. The monoisotopic (exact) mass is 296 g/mol. The number of nitrogens with two attached hydrogens (primary N) is 2. The number of halogens is 1. The Morgan fingerprint density at radius 2 is 2.05 bits per heavy atom. The summed E-state index contributed by atoms with van der Waals surface area (Å²) in [5.41, 5.74) is 12.6. The molecule has 0 aromatic heterocycles. The van der Waals surface area contributed by atoms with Crippen LogP contribution in [0.5, 0.6) is 0 Å². The molecule has 0 fully saturated rings.